The van der Waals surface area contributed by atoms with Crippen LogP contribution in [0.5, 0.6) is 0 Å². The van der Waals surface area contributed by atoms with Gasteiger partial charge in [-0.05, 0) is 24.6 Å². The van der Waals surface area contributed by atoms with Crippen LogP contribution in [0.1, 0.15) is 13.3 Å². The summed E-state index contributed by atoms with van der Waals surface area (Å²) in [4.78, 5) is 1.12. The van der Waals surface area contributed by atoms with Gasteiger partial charge in [0.1, 0.15) is 0 Å². The number of halogens is 2. The van der Waals surface area contributed by atoms with E-state index in [1.807, 2.05) is 18.2 Å². The lowest BCUT2D eigenvalue weighted by molar-refractivity contribution is 0.827. The maximum absolute atomic E-state index is 5.91. The molecule has 1 nitrogen and oxygen atoms in total. The summed E-state index contributed by atoms with van der Waals surface area (Å²) in [6.07, 6.45) is 1.06. The van der Waals surface area contributed by atoms with Crippen molar-refractivity contribution in [1.82, 2.24) is 0 Å². The van der Waals surface area contributed by atoms with Crippen molar-refractivity contribution in [3.8, 4) is 0 Å². The van der Waals surface area contributed by atoms with E-state index in [4.69, 9.17) is 28.9 Å². The van der Waals surface area contributed by atoms with E-state index in [1.54, 1.807) is 11.8 Å². The lowest BCUT2D eigenvalue weighted by Crippen LogP contribution is -2.15. The summed E-state index contributed by atoms with van der Waals surface area (Å²) in [5, 5.41) is 1.65. The molecule has 0 radical (unpaired) electrons. The first-order valence-electron chi connectivity index (χ1n) is 4.49. The van der Waals surface area contributed by atoms with Gasteiger partial charge in [-0.2, -0.15) is 0 Å². The van der Waals surface area contributed by atoms with Crippen molar-refractivity contribution >= 4 is 35.0 Å². The Morgan fingerprint density at radius 3 is 2.57 bits per heavy atom. The molecule has 0 fully saturated rings. The average molecular weight is 250 g/mol. The van der Waals surface area contributed by atoms with E-state index >= 15 is 0 Å². The highest BCUT2D eigenvalue weighted by Crippen LogP contribution is 2.30. The fraction of sp³-hybridized carbons (Fsp3) is 0.400. The predicted molar refractivity (Wildman–Crippen MR) is 65.5 cm³/mol. The van der Waals surface area contributed by atoms with E-state index in [0.29, 0.717) is 21.8 Å². The Morgan fingerprint density at radius 2 is 2.07 bits per heavy atom. The SMILES string of the molecule is CCC(CN)Sc1ccc(Cl)c(Cl)c1. The second-order valence-corrected chi connectivity index (χ2v) is 5.15. The molecule has 0 aromatic heterocycles. The van der Waals surface area contributed by atoms with Gasteiger partial charge >= 0.3 is 0 Å². The standard InChI is InChI=1S/C10H13Cl2NS/c1-2-7(6-13)14-8-3-4-9(11)10(12)5-8/h3-5,7H,2,6,13H2,1H3. The largest absolute Gasteiger partial charge is 0.329 e. The number of rotatable bonds is 4. The third-order valence-electron chi connectivity index (χ3n) is 1.91. The van der Waals surface area contributed by atoms with Gasteiger partial charge < -0.3 is 5.73 Å². The summed E-state index contributed by atoms with van der Waals surface area (Å²) in [6.45, 7) is 2.81. The minimum atomic E-state index is 0.451. The van der Waals surface area contributed by atoms with Crippen molar-refractivity contribution in [3.05, 3.63) is 28.2 Å². The zero-order chi connectivity index (χ0) is 10.6. The van der Waals surface area contributed by atoms with Gasteiger partial charge in [0, 0.05) is 16.7 Å². The number of thioether (sulfide) groups is 1. The molecule has 2 N–H and O–H groups in total. The molecule has 0 aliphatic rings. The molecule has 0 saturated heterocycles. The molecular formula is C10H13Cl2NS. The van der Waals surface area contributed by atoms with Gasteiger partial charge in [-0.1, -0.05) is 30.1 Å². The van der Waals surface area contributed by atoms with Crippen LogP contribution in [0.2, 0.25) is 10.0 Å². The maximum Gasteiger partial charge on any atom is 0.0603 e. The summed E-state index contributed by atoms with van der Waals surface area (Å²) in [5.74, 6) is 0. The topological polar surface area (TPSA) is 26.0 Å². The molecule has 4 heteroatoms. The molecular weight excluding hydrogens is 237 g/mol. The molecule has 0 amide bonds. The van der Waals surface area contributed by atoms with E-state index in [2.05, 4.69) is 6.92 Å². The van der Waals surface area contributed by atoms with Crippen LogP contribution in [-0.4, -0.2) is 11.8 Å². The Hall–Kier alpha value is 0.110. The number of nitrogens with two attached hydrogens (primary N) is 1. The number of hydrogen-bond donors (Lipinski definition) is 1. The van der Waals surface area contributed by atoms with Crippen LogP contribution in [0.3, 0.4) is 0 Å². The molecule has 0 aliphatic heterocycles. The minimum absolute atomic E-state index is 0.451. The van der Waals surface area contributed by atoms with Crippen LogP contribution < -0.4 is 5.73 Å². The molecule has 0 spiro atoms. The predicted octanol–water partition coefficient (Wildman–Crippen LogP) is 3.82. The molecule has 0 aliphatic carbocycles. The highest BCUT2D eigenvalue weighted by molar-refractivity contribution is 8.00. The molecule has 0 heterocycles. The van der Waals surface area contributed by atoms with Crippen LogP contribution >= 0.6 is 35.0 Å². The van der Waals surface area contributed by atoms with Crippen molar-refractivity contribution in [1.29, 1.82) is 0 Å². The highest BCUT2D eigenvalue weighted by Gasteiger charge is 2.07. The van der Waals surface area contributed by atoms with Crippen molar-refractivity contribution in [3.63, 3.8) is 0 Å². The van der Waals surface area contributed by atoms with Gasteiger partial charge in [-0.15, -0.1) is 11.8 Å². The summed E-state index contributed by atoms with van der Waals surface area (Å²) in [7, 11) is 0. The molecule has 1 rings (SSSR count). The smallest absolute Gasteiger partial charge is 0.0603 e. The molecule has 78 valence electrons. The minimum Gasteiger partial charge on any atom is -0.329 e. The van der Waals surface area contributed by atoms with Crippen LogP contribution in [0.25, 0.3) is 0 Å². The normalized spacial score (nSPS) is 12.9. The molecule has 1 unspecified atom stereocenters. The third-order valence-corrected chi connectivity index (χ3v) is 4.04. The molecule has 1 aromatic rings. The maximum atomic E-state index is 5.91. The van der Waals surface area contributed by atoms with Gasteiger partial charge in [0.15, 0.2) is 0 Å². The Balaban J connectivity index is 2.72. The Kier molecular flexibility index (Phi) is 5.10. The zero-order valence-electron chi connectivity index (χ0n) is 7.97. The molecule has 1 aromatic carbocycles. The summed E-state index contributed by atoms with van der Waals surface area (Å²) in [6, 6.07) is 5.67. The first-order valence-corrected chi connectivity index (χ1v) is 6.12. The average Bonchev–Trinajstić information content (AvgIpc) is 2.19. The van der Waals surface area contributed by atoms with Crippen molar-refractivity contribution in [2.45, 2.75) is 23.5 Å². The second kappa shape index (κ2) is 5.86. The van der Waals surface area contributed by atoms with Crippen LogP contribution in [0, 0.1) is 0 Å². The van der Waals surface area contributed by atoms with Gasteiger partial charge in [0.2, 0.25) is 0 Å². The van der Waals surface area contributed by atoms with Crippen LogP contribution in [-0.2, 0) is 0 Å². The third kappa shape index (κ3) is 3.35. The molecule has 0 saturated carbocycles. The van der Waals surface area contributed by atoms with Gasteiger partial charge in [0.05, 0.1) is 10.0 Å². The van der Waals surface area contributed by atoms with E-state index in [1.165, 1.54) is 0 Å². The van der Waals surface area contributed by atoms with Crippen LogP contribution in [0.4, 0.5) is 0 Å². The fourth-order valence-corrected chi connectivity index (χ4v) is 2.38. The Bertz CT molecular complexity index is 300. The molecule has 0 bridgehead atoms. The number of hydrogen-bond acceptors (Lipinski definition) is 2. The quantitative estimate of drug-likeness (QED) is 0.822. The first-order chi connectivity index (χ1) is 6.67. The van der Waals surface area contributed by atoms with E-state index in [-0.39, 0.29) is 0 Å². The summed E-state index contributed by atoms with van der Waals surface area (Å²) >= 11 is 13.5. The fourth-order valence-electron chi connectivity index (χ4n) is 1.04. The van der Waals surface area contributed by atoms with Gasteiger partial charge in [0.25, 0.3) is 0 Å². The van der Waals surface area contributed by atoms with Crippen molar-refractivity contribution in [2.24, 2.45) is 5.73 Å². The lowest BCUT2D eigenvalue weighted by Gasteiger charge is -2.11. The second-order valence-electron chi connectivity index (χ2n) is 2.96. The van der Waals surface area contributed by atoms with Crippen molar-refractivity contribution in [2.75, 3.05) is 6.54 Å². The summed E-state index contributed by atoms with van der Waals surface area (Å²) < 4.78 is 0. The Morgan fingerprint density at radius 1 is 1.36 bits per heavy atom. The lowest BCUT2D eigenvalue weighted by atomic mass is 10.3. The zero-order valence-corrected chi connectivity index (χ0v) is 10.3. The molecule has 1 atom stereocenters. The van der Waals surface area contributed by atoms with Crippen molar-refractivity contribution < 1.29 is 0 Å². The Labute approximate surface area is 99.0 Å². The van der Waals surface area contributed by atoms with E-state index in [9.17, 15) is 0 Å². The highest BCUT2D eigenvalue weighted by atomic mass is 35.5. The van der Waals surface area contributed by atoms with Gasteiger partial charge in [-0.25, -0.2) is 0 Å². The first kappa shape index (κ1) is 12.2. The van der Waals surface area contributed by atoms with Gasteiger partial charge in [-0.3, -0.25) is 0 Å². The monoisotopic (exact) mass is 249 g/mol. The van der Waals surface area contributed by atoms with Crippen LogP contribution in [0.15, 0.2) is 23.1 Å². The molecule has 14 heavy (non-hydrogen) atoms. The number of benzene rings is 1. The van der Waals surface area contributed by atoms with E-state index < -0.39 is 0 Å². The summed E-state index contributed by atoms with van der Waals surface area (Å²) in [5.41, 5.74) is 5.62. The van der Waals surface area contributed by atoms with E-state index in [0.717, 1.165) is 11.3 Å².